The average Bonchev–Trinajstić information content (AvgIpc) is 2.20. The molecule has 1 saturated heterocycles. The topological polar surface area (TPSA) is 24.9 Å². The molecule has 13 heavy (non-hydrogen) atoms. The molecule has 3 heteroatoms. The van der Waals surface area contributed by atoms with Crippen molar-refractivity contribution in [2.45, 2.75) is 25.3 Å². The zero-order valence-corrected chi connectivity index (χ0v) is 9.05. The molecule has 2 nitrogen and oxygen atoms in total. The molecule has 0 bridgehead atoms. The summed E-state index contributed by atoms with van der Waals surface area (Å²) in [6.07, 6.45) is 5.70. The van der Waals surface area contributed by atoms with Crippen LogP contribution in [-0.4, -0.2) is 11.5 Å². The second-order valence-corrected chi connectivity index (χ2v) is 4.32. The summed E-state index contributed by atoms with van der Waals surface area (Å²) in [5.74, 6) is 0. The minimum absolute atomic E-state index is 0.474. The van der Waals surface area contributed by atoms with Crippen LogP contribution in [0.5, 0.6) is 0 Å². The smallest absolute Gasteiger partial charge is 0.0574 e. The minimum atomic E-state index is 0.474. The van der Waals surface area contributed by atoms with Gasteiger partial charge in [0.15, 0.2) is 0 Å². The molecule has 2 heterocycles. The summed E-state index contributed by atoms with van der Waals surface area (Å²) in [5.41, 5.74) is 1.17. The minimum Gasteiger partial charge on any atom is -0.309 e. The van der Waals surface area contributed by atoms with Gasteiger partial charge >= 0.3 is 0 Å². The van der Waals surface area contributed by atoms with E-state index < -0.39 is 0 Å². The summed E-state index contributed by atoms with van der Waals surface area (Å²) in [5, 5.41) is 3.48. The van der Waals surface area contributed by atoms with E-state index in [1.54, 1.807) is 0 Å². The summed E-state index contributed by atoms with van der Waals surface area (Å²) in [4.78, 5) is 4.39. The molecule has 0 saturated carbocycles. The second kappa shape index (κ2) is 4.20. The lowest BCUT2D eigenvalue weighted by Gasteiger charge is -2.22. The maximum absolute atomic E-state index is 4.39. The number of hydrogen-bond donors (Lipinski definition) is 1. The molecule has 1 aliphatic heterocycles. The fourth-order valence-electron chi connectivity index (χ4n) is 1.70. The lowest BCUT2D eigenvalue weighted by atomic mass is 10.0. The number of piperidine rings is 1. The van der Waals surface area contributed by atoms with Crippen LogP contribution in [-0.2, 0) is 0 Å². The largest absolute Gasteiger partial charge is 0.309 e. The van der Waals surface area contributed by atoms with E-state index in [0.29, 0.717) is 6.04 Å². The Morgan fingerprint density at radius 3 is 2.92 bits per heavy atom. The fourth-order valence-corrected chi connectivity index (χ4v) is 1.93. The van der Waals surface area contributed by atoms with E-state index in [0.717, 1.165) is 11.0 Å². The van der Waals surface area contributed by atoms with Gasteiger partial charge in [-0.15, -0.1) is 0 Å². The molecular formula is C10H13BrN2. The Labute approximate surface area is 86.9 Å². The Morgan fingerprint density at radius 2 is 2.31 bits per heavy atom. The Bertz CT molecular complexity index is 265. The van der Waals surface area contributed by atoms with Crippen LogP contribution < -0.4 is 5.32 Å². The molecule has 1 aliphatic rings. The van der Waals surface area contributed by atoms with Crippen molar-refractivity contribution in [1.29, 1.82) is 0 Å². The third kappa shape index (κ3) is 2.29. The van der Waals surface area contributed by atoms with Crippen LogP contribution in [0.1, 0.15) is 31.0 Å². The number of hydrogen-bond acceptors (Lipinski definition) is 2. The number of nitrogens with zero attached hydrogens (tertiary/aromatic N) is 1. The number of nitrogens with one attached hydrogen (secondary N) is 1. The number of halogens is 1. The molecule has 1 aromatic heterocycles. The second-order valence-electron chi connectivity index (χ2n) is 3.40. The summed E-state index contributed by atoms with van der Waals surface area (Å²) in [6.45, 7) is 1.13. The molecule has 0 amide bonds. The first-order chi connectivity index (χ1) is 6.36. The van der Waals surface area contributed by atoms with Crippen molar-refractivity contribution in [3.63, 3.8) is 0 Å². The Balaban J connectivity index is 2.10. The van der Waals surface area contributed by atoms with E-state index in [1.807, 2.05) is 6.20 Å². The molecule has 0 aromatic carbocycles. The molecular weight excluding hydrogens is 228 g/mol. The summed E-state index contributed by atoms with van der Waals surface area (Å²) in [6, 6.07) is 4.62. The normalized spacial score (nSPS) is 23.0. The van der Waals surface area contributed by atoms with Gasteiger partial charge in [-0.25, -0.2) is 0 Å². The quantitative estimate of drug-likeness (QED) is 0.817. The van der Waals surface area contributed by atoms with Crippen molar-refractivity contribution in [2.75, 3.05) is 6.54 Å². The molecule has 0 unspecified atom stereocenters. The molecule has 2 rings (SSSR count). The van der Waals surface area contributed by atoms with Crippen molar-refractivity contribution in [2.24, 2.45) is 0 Å². The molecule has 1 atom stereocenters. The Morgan fingerprint density at radius 1 is 1.38 bits per heavy atom. The van der Waals surface area contributed by atoms with Gasteiger partial charge in [-0.05, 0) is 47.4 Å². The van der Waals surface area contributed by atoms with Crippen molar-refractivity contribution >= 4 is 15.9 Å². The van der Waals surface area contributed by atoms with E-state index in [1.165, 1.54) is 25.0 Å². The summed E-state index contributed by atoms with van der Waals surface area (Å²) < 4.78 is 1.05. The van der Waals surface area contributed by atoms with Crippen molar-refractivity contribution in [3.8, 4) is 0 Å². The van der Waals surface area contributed by atoms with Gasteiger partial charge < -0.3 is 5.32 Å². The van der Waals surface area contributed by atoms with Crippen LogP contribution in [0.4, 0.5) is 0 Å². The van der Waals surface area contributed by atoms with Gasteiger partial charge in [0.05, 0.1) is 5.69 Å². The van der Waals surface area contributed by atoms with Crippen molar-refractivity contribution in [1.82, 2.24) is 10.3 Å². The summed E-state index contributed by atoms with van der Waals surface area (Å²) >= 11 is 3.39. The van der Waals surface area contributed by atoms with Gasteiger partial charge in [0, 0.05) is 16.7 Å². The van der Waals surface area contributed by atoms with E-state index >= 15 is 0 Å². The van der Waals surface area contributed by atoms with Gasteiger partial charge in [-0.3, -0.25) is 4.98 Å². The lowest BCUT2D eigenvalue weighted by molar-refractivity contribution is 0.405. The van der Waals surface area contributed by atoms with E-state index in [2.05, 4.69) is 38.4 Å². The highest BCUT2D eigenvalue weighted by Gasteiger charge is 2.14. The van der Waals surface area contributed by atoms with E-state index in [9.17, 15) is 0 Å². The number of aromatic nitrogens is 1. The summed E-state index contributed by atoms with van der Waals surface area (Å²) in [7, 11) is 0. The first kappa shape index (κ1) is 9.16. The first-order valence-corrected chi connectivity index (χ1v) is 5.50. The molecule has 0 spiro atoms. The van der Waals surface area contributed by atoms with Crippen molar-refractivity contribution < 1.29 is 0 Å². The number of rotatable bonds is 1. The van der Waals surface area contributed by atoms with Gasteiger partial charge in [-0.1, -0.05) is 6.42 Å². The van der Waals surface area contributed by atoms with E-state index in [4.69, 9.17) is 0 Å². The molecule has 0 radical (unpaired) electrons. The van der Waals surface area contributed by atoms with Crippen LogP contribution in [0.15, 0.2) is 22.8 Å². The third-order valence-electron chi connectivity index (χ3n) is 2.42. The highest BCUT2D eigenvalue weighted by atomic mass is 79.9. The molecule has 0 aliphatic carbocycles. The Kier molecular flexibility index (Phi) is 2.96. The van der Waals surface area contributed by atoms with Crippen LogP contribution in [0.2, 0.25) is 0 Å². The van der Waals surface area contributed by atoms with Crippen LogP contribution in [0.25, 0.3) is 0 Å². The highest BCUT2D eigenvalue weighted by molar-refractivity contribution is 9.10. The average molecular weight is 241 g/mol. The SMILES string of the molecule is Brc1ccc([C@H]2CCCCN2)nc1. The Hall–Kier alpha value is -0.410. The molecule has 70 valence electrons. The van der Waals surface area contributed by atoms with Crippen molar-refractivity contribution in [3.05, 3.63) is 28.5 Å². The maximum atomic E-state index is 4.39. The molecule has 1 aromatic rings. The predicted molar refractivity (Wildman–Crippen MR) is 56.5 cm³/mol. The third-order valence-corrected chi connectivity index (χ3v) is 2.89. The molecule has 1 N–H and O–H groups in total. The maximum Gasteiger partial charge on any atom is 0.0574 e. The first-order valence-electron chi connectivity index (χ1n) is 4.71. The monoisotopic (exact) mass is 240 g/mol. The zero-order chi connectivity index (χ0) is 9.10. The predicted octanol–water partition coefficient (Wildman–Crippen LogP) is 2.66. The van der Waals surface area contributed by atoms with Gasteiger partial charge in [0.1, 0.15) is 0 Å². The van der Waals surface area contributed by atoms with Gasteiger partial charge in [0.25, 0.3) is 0 Å². The zero-order valence-electron chi connectivity index (χ0n) is 7.46. The van der Waals surface area contributed by atoms with E-state index in [-0.39, 0.29) is 0 Å². The van der Waals surface area contributed by atoms with Gasteiger partial charge in [0.2, 0.25) is 0 Å². The van der Waals surface area contributed by atoms with Gasteiger partial charge in [-0.2, -0.15) is 0 Å². The van der Waals surface area contributed by atoms with Crippen LogP contribution in [0, 0.1) is 0 Å². The highest BCUT2D eigenvalue weighted by Crippen LogP contribution is 2.21. The fraction of sp³-hybridized carbons (Fsp3) is 0.500. The standard InChI is InChI=1S/C10H13BrN2/c11-8-4-5-10(13-7-8)9-3-1-2-6-12-9/h4-5,7,9,12H,1-3,6H2/t9-/m1/s1. The lowest BCUT2D eigenvalue weighted by Crippen LogP contribution is -2.27. The molecule has 1 fully saturated rings. The van der Waals surface area contributed by atoms with Crippen LogP contribution in [0.3, 0.4) is 0 Å². The van der Waals surface area contributed by atoms with Crippen LogP contribution >= 0.6 is 15.9 Å². The number of pyridine rings is 1.